The predicted octanol–water partition coefficient (Wildman–Crippen LogP) is 6.73. The van der Waals surface area contributed by atoms with E-state index in [0.717, 1.165) is 30.7 Å². The molecule has 2 rings (SSSR count). The van der Waals surface area contributed by atoms with Gasteiger partial charge in [-0.15, -0.1) is 0 Å². The van der Waals surface area contributed by atoms with Crippen molar-refractivity contribution in [3.63, 3.8) is 0 Å². The van der Waals surface area contributed by atoms with Crippen LogP contribution in [0.4, 0.5) is 4.39 Å². The summed E-state index contributed by atoms with van der Waals surface area (Å²) in [6.45, 7) is 4.77. The number of benzene rings is 1. The topological polar surface area (TPSA) is 9.23 Å². The average Bonchev–Trinajstić information content (AvgIpc) is 2.55. The Balaban J connectivity index is 2.00. The van der Waals surface area contributed by atoms with Crippen LogP contribution in [-0.4, -0.2) is 6.61 Å². The molecule has 1 nitrogen and oxygen atoms in total. The van der Waals surface area contributed by atoms with Crippen molar-refractivity contribution in [2.24, 2.45) is 5.92 Å². The second kappa shape index (κ2) is 8.76. The lowest BCUT2D eigenvalue weighted by molar-refractivity contribution is 0.296. The third-order valence-corrected chi connectivity index (χ3v) is 5.18. The van der Waals surface area contributed by atoms with Crippen molar-refractivity contribution in [1.29, 1.82) is 0 Å². The molecular formula is C19H28ClFO. The summed E-state index contributed by atoms with van der Waals surface area (Å²) in [4.78, 5) is 0. The predicted molar refractivity (Wildman–Crippen MR) is 91.4 cm³/mol. The molecule has 1 aromatic rings. The zero-order chi connectivity index (χ0) is 15.9. The molecule has 0 unspecified atom stereocenters. The van der Waals surface area contributed by atoms with Gasteiger partial charge in [-0.3, -0.25) is 0 Å². The molecule has 0 saturated heterocycles. The van der Waals surface area contributed by atoms with E-state index in [9.17, 15) is 4.39 Å². The fourth-order valence-corrected chi connectivity index (χ4v) is 3.75. The van der Waals surface area contributed by atoms with Gasteiger partial charge in [-0.25, -0.2) is 4.39 Å². The number of rotatable bonds is 7. The molecule has 1 fully saturated rings. The van der Waals surface area contributed by atoms with E-state index >= 15 is 0 Å². The van der Waals surface area contributed by atoms with Crippen LogP contribution in [0.25, 0.3) is 0 Å². The Morgan fingerprint density at radius 1 is 1.14 bits per heavy atom. The van der Waals surface area contributed by atoms with E-state index in [4.69, 9.17) is 16.3 Å². The largest absolute Gasteiger partial charge is 0.490 e. The second-order valence-corrected chi connectivity index (χ2v) is 6.87. The first-order chi connectivity index (χ1) is 10.7. The summed E-state index contributed by atoms with van der Waals surface area (Å²) in [5, 5.41) is 0.269. The van der Waals surface area contributed by atoms with E-state index < -0.39 is 0 Å². The van der Waals surface area contributed by atoms with Crippen molar-refractivity contribution in [3.8, 4) is 5.75 Å². The molecule has 3 heteroatoms. The van der Waals surface area contributed by atoms with Gasteiger partial charge in [0.25, 0.3) is 0 Å². The molecule has 0 aromatic heterocycles. The smallest absolute Gasteiger partial charge is 0.183 e. The van der Waals surface area contributed by atoms with Crippen molar-refractivity contribution in [2.45, 2.75) is 71.1 Å². The Labute approximate surface area is 139 Å². The van der Waals surface area contributed by atoms with Gasteiger partial charge in [-0.05, 0) is 55.6 Å². The molecular weight excluding hydrogens is 299 g/mol. The van der Waals surface area contributed by atoms with Gasteiger partial charge in [0.15, 0.2) is 11.6 Å². The van der Waals surface area contributed by atoms with Gasteiger partial charge in [-0.1, -0.05) is 50.8 Å². The molecule has 0 aliphatic heterocycles. The Hall–Kier alpha value is -0.760. The van der Waals surface area contributed by atoms with Gasteiger partial charge in [-0.2, -0.15) is 0 Å². The summed E-state index contributed by atoms with van der Waals surface area (Å²) < 4.78 is 19.7. The van der Waals surface area contributed by atoms with E-state index in [0.29, 0.717) is 12.5 Å². The highest BCUT2D eigenvalue weighted by Gasteiger charge is 2.25. The first kappa shape index (κ1) is 17.6. The minimum absolute atomic E-state index is 0.269. The maximum absolute atomic E-state index is 14.3. The first-order valence-electron chi connectivity index (χ1n) is 8.78. The van der Waals surface area contributed by atoms with Gasteiger partial charge in [0.1, 0.15) is 0 Å². The summed E-state index contributed by atoms with van der Waals surface area (Å²) in [5.74, 6) is 1.15. The van der Waals surface area contributed by atoms with Gasteiger partial charge < -0.3 is 4.74 Å². The zero-order valence-electron chi connectivity index (χ0n) is 13.8. The van der Waals surface area contributed by atoms with E-state index in [-0.39, 0.29) is 16.6 Å². The van der Waals surface area contributed by atoms with E-state index in [2.05, 4.69) is 6.92 Å². The maximum Gasteiger partial charge on any atom is 0.183 e. The van der Waals surface area contributed by atoms with Crippen molar-refractivity contribution in [3.05, 3.63) is 28.5 Å². The van der Waals surface area contributed by atoms with E-state index in [1.165, 1.54) is 32.1 Å². The molecule has 0 heterocycles. The molecule has 0 N–H and O–H groups in total. The van der Waals surface area contributed by atoms with Crippen LogP contribution in [0.2, 0.25) is 5.02 Å². The summed E-state index contributed by atoms with van der Waals surface area (Å²) >= 11 is 6.28. The molecule has 22 heavy (non-hydrogen) atoms. The average molecular weight is 327 g/mol. The van der Waals surface area contributed by atoms with Crippen LogP contribution in [-0.2, 0) is 0 Å². The molecule has 1 saturated carbocycles. The Kier molecular flexibility index (Phi) is 7.01. The van der Waals surface area contributed by atoms with Crippen LogP contribution >= 0.6 is 11.6 Å². The molecule has 1 aliphatic rings. The SMILES string of the molecule is CCCCC1CCC(c2ccc(OCCC)c(F)c2Cl)CC1. The van der Waals surface area contributed by atoms with Crippen LogP contribution in [0, 0.1) is 11.7 Å². The number of hydrogen-bond acceptors (Lipinski definition) is 1. The summed E-state index contributed by atoms with van der Waals surface area (Å²) in [6, 6.07) is 3.71. The van der Waals surface area contributed by atoms with Crippen LogP contribution < -0.4 is 4.74 Å². The molecule has 0 radical (unpaired) electrons. The molecule has 1 aliphatic carbocycles. The Bertz CT molecular complexity index is 467. The van der Waals surface area contributed by atoms with Gasteiger partial charge in [0.05, 0.1) is 11.6 Å². The normalized spacial score (nSPS) is 21.8. The van der Waals surface area contributed by atoms with Crippen LogP contribution in [0.1, 0.15) is 76.7 Å². The minimum atomic E-state index is -0.388. The molecule has 1 aromatic carbocycles. The fraction of sp³-hybridized carbons (Fsp3) is 0.684. The lowest BCUT2D eigenvalue weighted by Gasteiger charge is -2.29. The van der Waals surface area contributed by atoms with Crippen LogP contribution in [0.3, 0.4) is 0 Å². The molecule has 0 atom stereocenters. The first-order valence-corrected chi connectivity index (χ1v) is 9.15. The van der Waals surface area contributed by atoms with E-state index in [1.54, 1.807) is 6.07 Å². The second-order valence-electron chi connectivity index (χ2n) is 6.49. The highest BCUT2D eigenvalue weighted by Crippen LogP contribution is 2.42. The standard InChI is InChI=1S/C19H28ClFO/c1-3-5-6-14-7-9-15(10-8-14)16-11-12-17(22-13-4-2)19(21)18(16)20/h11-12,14-15H,3-10,13H2,1-2H3. The van der Waals surface area contributed by atoms with Gasteiger partial charge in [0, 0.05) is 0 Å². The molecule has 0 amide bonds. The van der Waals surface area contributed by atoms with E-state index in [1.807, 2.05) is 13.0 Å². The number of unbranched alkanes of at least 4 members (excludes halogenated alkanes) is 1. The number of halogens is 2. The summed E-state index contributed by atoms with van der Waals surface area (Å²) in [5.41, 5.74) is 0.969. The molecule has 0 bridgehead atoms. The van der Waals surface area contributed by atoms with Crippen molar-refractivity contribution in [2.75, 3.05) is 6.61 Å². The van der Waals surface area contributed by atoms with Crippen LogP contribution in [0.5, 0.6) is 5.75 Å². The van der Waals surface area contributed by atoms with Crippen molar-refractivity contribution < 1.29 is 9.13 Å². The third kappa shape index (κ3) is 4.38. The van der Waals surface area contributed by atoms with Gasteiger partial charge >= 0.3 is 0 Å². The highest BCUT2D eigenvalue weighted by atomic mass is 35.5. The fourth-order valence-electron chi connectivity index (χ4n) is 3.44. The monoisotopic (exact) mass is 326 g/mol. The number of ether oxygens (including phenoxy) is 1. The zero-order valence-corrected chi connectivity index (χ0v) is 14.6. The highest BCUT2D eigenvalue weighted by molar-refractivity contribution is 6.31. The van der Waals surface area contributed by atoms with Crippen molar-refractivity contribution in [1.82, 2.24) is 0 Å². The van der Waals surface area contributed by atoms with Crippen molar-refractivity contribution >= 4 is 11.6 Å². The number of hydrogen-bond donors (Lipinski definition) is 0. The molecule has 0 spiro atoms. The minimum Gasteiger partial charge on any atom is -0.490 e. The quantitative estimate of drug-likeness (QED) is 0.539. The summed E-state index contributed by atoms with van der Waals surface area (Å²) in [6.07, 6.45) is 9.55. The lowest BCUT2D eigenvalue weighted by atomic mass is 9.77. The van der Waals surface area contributed by atoms with Gasteiger partial charge in [0.2, 0.25) is 0 Å². The molecule has 124 valence electrons. The Morgan fingerprint density at radius 2 is 1.86 bits per heavy atom. The third-order valence-electron chi connectivity index (χ3n) is 4.79. The van der Waals surface area contributed by atoms with Crippen LogP contribution in [0.15, 0.2) is 12.1 Å². The summed E-state index contributed by atoms with van der Waals surface area (Å²) in [7, 11) is 0. The Morgan fingerprint density at radius 3 is 2.50 bits per heavy atom. The maximum atomic E-state index is 14.3. The lowest BCUT2D eigenvalue weighted by Crippen LogP contribution is -2.14.